The number of nitro benzene ring substituents is 1. The summed E-state index contributed by atoms with van der Waals surface area (Å²) in [4.78, 5) is 66.1. The maximum Gasteiger partial charge on any atom is 0.316 e. The molecule has 40 heavy (non-hydrogen) atoms. The SMILES string of the molecule is Cc1cc(OC(=O)[C@@H]2CC(=O)N(c3ccc(C)c([N+](=O)[O-])c3)C2)ccc1N1C(=O)[C@@H]2[C@H]3C=C[C@@H]([C@@H]4C[C@H]34)[C@H]2C1=O. The van der Waals surface area contributed by atoms with E-state index in [1.165, 1.54) is 15.9 Å². The molecule has 0 aromatic heterocycles. The van der Waals surface area contributed by atoms with E-state index in [9.17, 15) is 29.3 Å². The zero-order valence-electron chi connectivity index (χ0n) is 22.0. The number of imide groups is 1. The summed E-state index contributed by atoms with van der Waals surface area (Å²) in [6, 6.07) is 9.36. The van der Waals surface area contributed by atoms with E-state index in [4.69, 9.17) is 4.74 Å². The van der Waals surface area contributed by atoms with Gasteiger partial charge in [0.15, 0.2) is 0 Å². The summed E-state index contributed by atoms with van der Waals surface area (Å²) < 4.78 is 5.60. The van der Waals surface area contributed by atoms with Gasteiger partial charge in [0.25, 0.3) is 5.69 Å². The standard InChI is InChI=1S/C30H27N3O7/c1-14-3-4-17(11-24(14)33(38)39)31-13-16(10-25(31)34)30(37)40-18-5-8-23(15(2)9-18)32-28(35)26-19-6-7-20(22-12-21(19)22)27(26)29(32)36/h3-9,11,16,19-22,26-27H,10,12-13H2,1-2H3/t16-,19+,20+,21-,22+,26-,27-/m1/s1. The molecule has 2 aromatic rings. The largest absolute Gasteiger partial charge is 0.426 e. The van der Waals surface area contributed by atoms with Gasteiger partial charge >= 0.3 is 5.97 Å². The van der Waals surface area contributed by atoms with Gasteiger partial charge in [0.1, 0.15) is 5.75 Å². The number of nitrogens with zero attached hydrogens (tertiary/aromatic N) is 3. The van der Waals surface area contributed by atoms with Crippen LogP contribution in [0.3, 0.4) is 0 Å². The van der Waals surface area contributed by atoms with Gasteiger partial charge in [0.2, 0.25) is 17.7 Å². The van der Waals surface area contributed by atoms with E-state index in [0.29, 0.717) is 34.3 Å². The molecule has 0 radical (unpaired) electrons. The number of carbonyl (C=O) groups excluding carboxylic acids is 4. The van der Waals surface area contributed by atoms with Crippen molar-refractivity contribution < 1.29 is 28.8 Å². The van der Waals surface area contributed by atoms with Crippen LogP contribution in [0.15, 0.2) is 48.6 Å². The number of anilines is 2. The number of rotatable bonds is 5. The molecule has 4 fully saturated rings. The molecule has 2 heterocycles. The molecule has 10 heteroatoms. The van der Waals surface area contributed by atoms with Gasteiger partial charge in [-0.3, -0.25) is 29.3 Å². The fraction of sp³-hybridized carbons (Fsp3) is 0.400. The third kappa shape index (κ3) is 3.54. The van der Waals surface area contributed by atoms with Gasteiger partial charge in [-0.2, -0.15) is 0 Å². The molecule has 2 saturated carbocycles. The number of aryl methyl sites for hydroxylation is 2. The van der Waals surface area contributed by atoms with E-state index in [1.54, 1.807) is 44.2 Å². The second-order valence-corrected chi connectivity index (χ2v) is 11.7. The van der Waals surface area contributed by atoms with Crippen molar-refractivity contribution in [3.63, 3.8) is 0 Å². The number of hydrogen-bond acceptors (Lipinski definition) is 7. The second kappa shape index (κ2) is 8.58. The van der Waals surface area contributed by atoms with Crippen molar-refractivity contribution >= 4 is 40.8 Å². The maximum atomic E-state index is 13.5. The number of amides is 3. The molecule has 3 amide bonds. The van der Waals surface area contributed by atoms with Crippen LogP contribution < -0.4 is 14.5 Å². The van der Waals surface area contributed by atoms with Crippen molar-refractivity contribution in [3.8, 4) is 5.75 Å². The molecule has 0 unspecified atom stereocenters. The molecule has 2 aromatic carbocycles. The number of allylic oxidation sites excluding steroid dienone is 2. The van der Waals surface area contributed by atoms with E-state index < -0.39 is 16.8 Å². The van der Waals surface area contributed by atoms with Crippen LogP contribution in [0.2, 0.25) is 0 Å². The van der Waals surface area contributed by atoms with Gasteiger partial charge in [-0.15, -0.1) is 0 Å². The Bertz CT molecular complexity index is 1530. The van der Waals surface area contributed by atoms with Gasteiger partial charge in [-0.25, -0.2) is 4.90 Å². The van der Waals surface area contributed by atoms with Crippen molar-refractivity contribution in [2.75, 3.05) is 16.3 Å². The Morgan fingerprint density at radius 3 is 2.25 bits per heavy atom. The Hall–Kier alpha value is -4.34. The molecule has 2 saturated heterocycles. The molecule has 10 nitrogen and oxygen atoms in total. The van der Waals surface area contributed by atoms with E-state index in [-0.39, 0.29) is 65.8 Å². The van der Waals surface area contributed by atoms with Crippen molar-refractivity contribution in [1.29, 1.82) is 0 Å². The average molecular weight is 542 g/mol. The number of ether oxygens (including phenoxy) is 1. The normalized spacial score (nSPS) is 31.4. The van der Waals surface area contributed by atoms with Crippen molar-refractivity contribution in [2.24, 2.45) is 41.4 Å². The van der Waals surface area contributed by atoms with Crippen LogP contribution in [0.25, 0.3) is 0 Å². The zero-order chi connectivity index (χ0) is 28.0. The summed E-state index contributed by atoms with van der Waals surface area (Å²) in [6.45, 7) is 3.44. The van der Waals surface area contributed by atoms with E-state index in [1.807, 2.05) is 0 Å². The van der Waals surface area contributed by atoms with Gasteiger partial charge in [-0.1, -0.05) is 18.2 Å². The van der Waals surface area contributed by atoms with Crippen LogP contribution in [0.5, 0.6) is 5.75 Å². The molecule has 6 aliphatic rings. The van der Waals surface area contributed by atoms with E-state index >= 15 is 0 Å². The first-order chi connectivity index (χ1) is 19.1. The Labute approximate surface area is 229 Å². The van der Waals surface area contributed by atoms with Gasteiger partial charge < -0.3 is 9.64 Å². The molecular weight excluding hydrogens is 514 g/mol. The minimum absolute atomic E-state index is 0.0485. The zero-order valence-corrected chi connectivity index (χ0v) is 22.0. The van der Waals surface area contributed by atoms with Gasteiger partial charge in [-0.05, 0) is 73.8 Å². The molecule has 4 aliphatic carbocycles. The predicted octanol–water partition coefficient (Wildman–Crippen LogP) is 3.73. The highest BCUT2D eigenvalue weighted by molar-refractivity contribution is 6.23. The predicted molar refractivity (Wildman–Crippen MR) is 142 cm³/mol. The Morgan fingerprint density at radius 1 is 0.950 bits per heavy atom. The molecule has 8 rings (SSSR count). The van der Waals surface area contributed by atoms with Gasteiger partial charge in [0.05, 0.1) is 34.1 Å². The first kappa shape index (κ1) is 24.7. The summed E-state index contributed by atoms with van der Waals surface area (Å²) in [6.07, 6.45) is 5.30. The minimum Gasteiger partial charge on any atom is -0.426 e. The maximum absolute atomic E-state index is 13.5. The fourth-order valence-corrected chi connectivity index (χ4v) is 7.41. The second-order valence-electron chi connectivity index (χ2n) is 11.7. The third-order valence-electron chi connectivity index (χ3n) is 9.45. The highest BCUT2D eigenvalue weighted by Crippen LogP contribution is 2.65. The number of nitro groups is 1. The fourth-order valence-electron chi connectivity index (χ4n) is 7.41. The molecule has 7 atom stereocenters. The summed E-state index contributed by atoms with van der Waals surface area (Å²) in [5.74, 6) is -0.946. The highest BCUT2D eigenvalue weighted by atomic mass is 16.6. The van der Waals surface area contributed by atoms with Crippen LogP contribution in [-0.2, 0) is 19.2 Å². The molecule has 2 bridgehead atoms. The molecule has 204 valence electrons. The minimum atomic E-state index is -0.743. The summed E-state index contributed by atoms with van der Waals surface area (Å²) in [5.41, 5.74) is 1.88. The number of carbonyl (C=O) groups is 4. The Kier molecular flexibility index (Phi) is 5.29. The molecule has 0 N–H and O–H groups in total. The lowest BCUT2D eigenvalue weighted by Crippen LogP contribution is -2.40. The highest BCUT2D eigenvalue weighted by Gasteiger charge is 2.67. The molecular formula is C30H27N3O7. The molecule has 2 aliphatic heterocycles. The topological polar surface area (TPSA) is 127 Å². The van der Waals surface area contributed by atoms with Crippen molar-refractivity contribution in [3.05, 3.63) is 69.8 Å². The summed E-state index contributed by atoms with van der Waals surface area (Å²) in [7, 11) is 0. The number of benzene rings is 2. The Morgan fingerprint density at radius 2 is 1.62 bits per heavy atom. The summed E-state index contributed by atoms with van der Waals surface area (Å²) >= 11 is 0. The quantitative estimate of drug-likeness (QED) is 0.141. The van der Waals surface area contributed by atoms with E-state index in [2.05, 4.69) is 12.2 Å². The van der Waals surface area contributed by atoms with E-state index in [0.717, 1.165) is 6.42 Å². The average Bonchev–Trinajstić information content (AvgIpc) is 3.60. The summed E-state index contributed by atoms with van der Waals surface area (Å²) in [5, 5.41) is 11.3. The smallest absolute Gasteiger partial charge is 0.316 e. The number of hydrogen-bond donors (Lipinski definition) is 0. The van der Waals surface area contributed by atoms with Gasteiger partial charge in [0, 0.05) is 24.6 Å². The lowest BCUT2D eigenvalue weighted by Gasteiger charge is -2.37. The Balaban J connectivity index is 1.06. The monoisotopic (exact) mass is 541 g/mol. The third-order valence-corrected chi connectivity index (χ3v) is 9.45. The van der Waals surface area contributed by atoms with Crippen LogP contribution >= 0.6 is 0 Å². The number of esters is 1. The lowest BCUT2D eigenvalue weighted by atomic mass is 9.63. The first-order valence-corrected chi connectivity index (χ1v) is 13.6. The van der Waals surface area contributed by atoms with Crippen molar-refractivity contribution in [1.82, 2.24) is 0 Å². The van der Waals surface area contributed by atoms with Crippen molar-refractivity contribution in [2.45, 2.75) is 26.7 Å². The van der Waals surface area contributed by atoms with Crippen LogP contribution in [0, 0.1) is 65.4 Å². The van der Waals surface area contributed by atoms with Crippen LogP contribution in [0.1, 0.15) is 24.0 Å². The first-order valence-electron chi connectivity index (χ1n) is 13.6. The molecule has 0 spiro atoms. The van der Waals surface area contributed by atoms with Crippen LogP contribution in [-0.4, -0.2) is 35.2 Å². The van der Waals surface area contributed by atoms with Crippen LogP contribution in [0.4, 0.5) is 17.1 Å². The lowest BCUT2D eigenvalue weighted by molar-refractivity contribution is -0.385.